The molecule has 1 heterocycles. The summed E-state index contributed by atoms with van der Waals surface area (Å²) in [5.74, 6) is 0. The van der Waals surface area contributed by atoms with Crippen molar-refractivity contribution in [1.29, 1.82) is 0 Å². The third kappa shape index (κ3) is 1.60. The molecule has 0 fully saturated rings. The minimum Gasteiger partial charge on any atom is -0.368 e. The SMILES string of the molecule is Cc1cc2c(c(C)c1C)NC(C)NS2(=O)=O. The standard InChI is InChI=1S/C11H16N2O2S/c1-6-5-10-11(8(3)7(6)2)12-9(4)13-16(10,14)15/h5,9,12-13H,1-4H3. The first-order valence-electron chi connectivity index (χ1n) is 5.22. The van der Waals surface area contributed by atoms with Crippen molar-refractivity contribution in [2.45, 2.75) is 38.8 Å². The minimum absolute atomic E-state index is 0.265. The third-order valence-electron chi connectivity index (χ3n) is 3.11. The van der Waals surface area contributed by atoms with E-state index in [1.54, 1.807) is 13.0 Å². The molecule has 1 atom stereocenters. The van der Waals surface area contributed by atoms with E-state index in [9.17, 15) is 8.42 Å². The van der Waals surface area contributed by atoms with Gasteiger partial charge in [-0.15, -0.1) is 0 Å². The number of rotatable bonds is 0. The molecule has 2 N–H and O–H groups in total. The summed E-state index contributed by atoms with van der Waals surface area (Å²) in [4.78, 5) is 0.353. The molecule has 2 rings (SSSR count). The molecule has 1 aromatic carbocycles. The average molecular weight is 240 g/mol. The first-order valence-corrected chi connectivity index (χ1v) is 6.71. The quantitative estimate of drug-likeness (QED) is 0.725. The van der Waals surface area contributed by atoms with Crippen molar-refractivity contribution >= 4 is 15.7 Å². The predicted octanol–water partition coefficient (Wildman–Crippen LogP) is 1.66. The molecule has 1 aliphatic heterocycles. The largest absolute Gasteiger partial charge is 0.368 e. The third-order valence-corrected chi connectivity index (χ3v) is 4.67. The first kappa shape index (κ1) is 11.4. The molecule has 0 aromatic heterocycles. The highest BCUT2D eigenvalue weighted by atomic mass is 32.2. The van der Waals surface area contributed by atoms with Crippen LogP contribution in [0.3, 0.4) is 0 Å². The van der Waals surface area contributed by atoms with Crippen molar-refractivity contribution in [2.75, 3.05) is 5.32 Å². The summed E-state index contributed by atoms with van der Waals surface area (Å²) < 4.78 is 26.4. The van der Waals surface area contributed by atoms with Crippen LogP contribution < -0.4 is 10.0 Å². The summed E-state index contributed by atoms with van der Waals surface area (Å²) in [6.45, 7) is 7.67. The Hall–Kier alpha value is -1.07. The Balaban J connectivity index is 2.79. The minimum atomic E-state index is -3.37. The van der Waals surface area contributed by atoms with E-state index in [-0.39, 0.29) is 6.17 Å². The maximum Gasteiger partial charge on any atom is 0.244 e. The van der Waals surface area contributed by atoms with Gasteiger partial charge in [0.25, 0.3) is 0 Å². The van der Waals surface area contributed by atoms with Gasteiger partial charge in [0, 0.05) is 0 Å². The van der Waals surface area contributed by atoms with Crippen LogP contribution in [0.1, 0.15) is 23.6 Å². The molecule has 0 saturated heterocycles. The molecule has 0 spiro atoms. The molecule has 0 aliphatic carbocycles. The average Bonchev–Trinajstić information content (AvgIpc) is 2.16. The van der Waals surface area contributed by atoms with Gasteiger partial charge < -0.3 is 5.32 Å². The molecule has 16 heavy (non-hydrogen) atoms. The molecule has 0 radical (unpaired) electrons. The van der Waals surface area contributed by atoms with Crippen molar-refractivity contribution in [3.8, 4) is 0 Å². The molecular weight excluding hydrogens is 224 g/mol. The van der Waals surface area contributed by atoms with E-state index in [4.69, 9.17) is 0 Å². The van der Waals surface area contributed by atoms with Crippen LogP contribution in [-0.4, -0.2) is 14.6 Å². The number of nitrogens with one attached hydrogen (secondary N) is 2. The fourth-order valence-corrected chi connectivity index (χ4v) is 3.44. The number of hydrogen-bond donors (Lipinski definition) is 2. The van der Waals surface area contributed by atoms with Gasteiger partial charge in [0.05, 0.1) is 11.9 Å². The van der Waals surface area contributed by atoms with Crippen LogP contribution in [0.4, 0.5) is 5.69 Å². The van der Waals surface area contributed by atoms with Gasteiger partial charge in [0.2, 0.25) is 10.0 Å². The fourth-order valence-electron chi connectivity index (χ4n) is 1.98. The number of fused-ring (bicyclic) bond motifs is 1. The molecule has 0 amide bonds. The number of anilines is 1. The second-order valence-electron chi connectivity index (χ2n) is 4.30. The highest BCUT2D eigenvalue weighted by Crippen LogP contribution is 2.32. The summed E-state index contributed by atoms with van der Waals surface area (Å²) in [5, 5.41) is 3.16. The van der Waals surface area contributed by atoms with Gasteiger partial charge in [0.1, 0.15) is 4.90 Å². The Morgan fingerprint density at radius 3 is 2.44 bits per heavy atom. The van der Waals surface area contributed by atoms with E-state index in [0.717, 1.165) is 22.4 Å². The molecular formula is C11H16N2O2S. The lowest BCUT2D eigenvalue weighted by Crippen LogP contribution is -2.43. The number of benzene rings is 1. The fraction of sp³-hybridized carbons (Fsp3) is 0.455. The van der Waals surface area contributed by atoms with E-state index in [1.165, 1.54) is 0 Å². The normalized spacial score (nSPS) is 22.4. The summed E-state index contributed by atoms with van der Waals surface area (Å²) in [6.07, 6.45) is -0.265. The second kappa shape index (κ2) is 3.46. The van der Waals surface area contributed by atoms with Gasteiger partial charge in [-0.25, -0.2) is 8.42 Å². The predicted molar refractivity (Wildman–Crippen MR) is 64.1 cm³/mol. The van der Waals surface area contributed by atoms with Crippen LogP contribution >= 0.6 is 0 Å². The van der Waals surface area contributed by atoms with Crippen LogP contribution in [0.5, 0.6) is 0 Å². The van der Waals surface area contributed by atoms with E-state index >= 15 is 0 Å². The highest BCUT2D eigenvalue weighted by Gasteiger charge is 2.28. The van der Waals surface area contributed by atoms with E-state index in [2.05, 4.69) is 10.0 Å². The molecule has 1 aromatic rings. The Morgan fingerprint density at radius 1 is 1.19 bits per heavy atom. The topological polar surface area (TPSA) is 58.2 Å². The van der Waals surface area contributed by atoms with Crippen LogP contribution in [-0.2, 0) is 10.0 Å². The van der Waals surface area contributed by atoms with Crippen LogP contribution in [0.25, 0.3) is 0 Å². The molecule has 0 bridgehead atoms. The van der Waals surface area contributed by atoms with Crippen molar-refractivity contribution in [3.05, 3.63) is 22.8 Å². The second-order valence-corrected chi connectivity index (χ2v) is 5.99. The van der Waals surface area contributed by atoms with Crippen molar-refractivity contribution in [1.82, 2.24) is 4.72 Å². The van der Waals surface area contributed by atoms with E-state index < -0.39 is 10.0 Å². The maximum absolute atomic E-state index is 11.9. The lowest BCUT2D eigenvalue weighted by atomic mass is 10.0. The lowest BCUT2D eigenvalue weighted by molar-refractivity contribution is 0.565. The zero-order valence-corrected chi connectivity index (χ0v) is 10.7. The smallest absolute Gasteiger partial charge is 0.244 e. The van der Waals surface area contributed by atoms with Crippen LogP contribution in [0.2, 0.25) is 0 Å². The van der Waals surface area contributed by atoms with Crippen molar-refractivity contribution in [3.63, 3.8) is 0 Å². The number of aryl methyl sites for hydroxylation is 1. The lowest BCUT2D eigenvalue weighted by Gasteiger charge is -2.28. The van der Waals surface area contributed by atoms with Gasteiger partial charge in [-0.05, 0) is 50.5 Å². The Bertz CT molecular complexity index is 550. The van der Waals surface area contributed by atoms with E-state index in [0.29, 0.717) is 4.90 Å². The van der Waals surface area contributed by atoms with E-state index in [1.807, 2.05) is 20.8 Å². The molecule has 1 aliphatic rings. The molecule has 1 unspecified atom stereocenters. The molecule has 88 valence electrons. The maximum atomic E-state index is 11.9. The molecule has 0 saturated carbocycles. The monoisotopic (exact) mass is 240 g/mol. The van der Waals surface area contributed by atoms with Gasteiger partial charge in [0.15, 0.2) is 0 Å². The van der Waals surface area contributed by atoms with Gasteiger partial charge >= 0.3 is 0 Å². The number of hydrogen-bond acceptors (Lipinski definition) is 3. The van der Waals surface area contributed by atoms with Gasteiger partial charge in [-0.1, -0.05) is 0 Å². The Labute approximate surface area is 96.1 Å². The zero-order chi connectivity index (χ0) is 12.1. The summed E-state index contributed by atoms with van der Waals surface area (Å²) in [6, 6.07) is 1.72. The Morgan fingerprint density at radius 2 is 1.81 bits per heavy atom. The van der Waals surface area contributed by atoms with Crippen molar-refractivity contribution in [2.24, 2.45) is 0 Å². The molecule has 4 nitrogen and oxygen atoms in total. The highest BCUT2D eigenvalue weighted by molar-refractivity contribution is 7.89. The molecule has 5 heteroatoms. The Kier molecular flexibility index (Phi) is 2.47. The van der Waals surface area contributed by atoms with Crippen LogP contribution in [0.15, 0.2) is 11.0 Å². The van der Waals surface area contributed by atoms with Gasteiger partial charge in [-0.3, -0.25) is 0 Å². The van der Waals surface area contributed by atoms with Gasteiger partial charge in [-0.2, -0.15) is 4.72 Å². The van der Waals surface area contributed by atoms with Crippen molar-refractivity contribution < 1.29 is 8.42 Å². The zero-order valence-electron chi connectivity index (χ0n) is 9.88. The van der Waals surface area contributed by atoms with Crippen LogP contribution in [0, 0.1) is 20.8 Å². The number of sulfonamides is 1. The summed E-state index contributed by atoms with van der Waals surface area (Å²) in [7, 11) is -3.37. The summed E-state index contributed by atoms with van der Waals surface area (Å²) >= 11 is 0. The first-order chi connectivity index (χ1) is 7.33. The summed E-state index contributed by atoms with van der Waals surface area (Å²) in [5.41, 5.74) is 3.87.